The second-order valence-electron chi connectivity index (χ2n) is 4.25. The second-order valence-corrected chi connectivity index (χ2v) is 4.25. The Morgan fingerprint density at radius 2 is 2.17 bits per heavy atom. The number of ketones is 1. The summed E-state index contributed by atoms with van der Waals surface area (Å²) in [5.74, 6) is 0.212. The van der Waals surface area contributed by atoms with Crippen LogP contribution in [-0.4, -0.2) is 17.9 Å². The Bertz CT molecular complexity index is 294. The topological polar surface area (TPSA) is 43.4 Å². The zero-order valence-corrected chi connectivity index (χ0v) is 6.87. The van der Waals surface area contributed by atoms with Crippen molar-refractivity contribution >= 4 is 11.8 Å². The van der Waals surface area contributed by atoms with E-state index in [4.69, 9.17) is 4.74 Å². The van der Waals surface area contributed by atoms with E-state index in [0.717, 1.165) is 12.8 Å². The van der Waals surface area contributed by atoms with Gasteiger partial charge in [0.05, 0.1) is 5.41 Å². The van der Waals surface area contributed by atoms with Crippen LogP contribution in [0.25, 0.3) is 0 Å². The van der Waals surface area contributed by atoms with Gasteiger partial charge < -0.3 is 4.74 Å². The van der Waals surface area contributed by atoms with Crippen molar-refractivity contribution in [2.45, 2.75) is 25.9 Å². The van der Waals surface area contributed by atoms with Crippen molar-refractivity contribution in [3.63, 3.8) is 0 Å². The summed E-state index contributed by atoms with van der Waals surface area (Å²) in [5.41, 5.74) is -0.443. The second kappa shape index (κ2) is 1.58. The molecular formula is C9H10O3. The maximum absolute atomic E-state index is 11.5. The lowest BCUT2D eigenvalue weighted by atomic mass is 9.80. The third-order valence-corrected chi connectivity index (χ3v) is 3.92. The maximum Gasteiger partial charge on any atom is 0.313 e. The molecule has 1 saturated heterocycles. The molecule has 4 unspecified atom stereocenters. The Hall–Kier alpha value is -0.860. The first-order valence-electron chi connectivity index (χ1n) is 4.40. The highest BCUT2D eigenvalue weighted by atomic mass is 16.6. The van der Waals surface area contributed by atoms with Crippen molar-refractivity contribution in [1.82, 2.24) is 0 Å². The summed E-state index contributed by atoms with van der Waals surface area (Å²) < 4.78 is 5.02. The summed E-state index contributed by atoms with van der Waals surface area (Å²) in [6, 6.07) is 0. The van der Waals surface area contributed by atoms with Crippen LogP contribution < -0.4 is 0 Å². The summed E-state index contributed by atoms with van der Waals surface area (Å²) in [6.07, 6.45) is 1.51. The van der Waals surface area contributed by atoms with Crippen molar-refractivity contribution < 1.29 is 14.3 Å². The van der Waals surface area contributed by atoms with Crippen molar-refractivity contribution in [1.29, 1.82) is 0 Å². The van der Waals surface area contributed by atoms with Crippen LogP contribution >= 0.6 is 0 Å². The zero-order chi connectivity index (χ0) is 8.51. The number of rotatable bonds is 0. The fourth-order valence-electron chi connectivity index (χ4n) is 3.18. The number of carbonyl (C=O) groups excluding carboxylic acids is 2. The van der Waals surface area contributed by atoms with Gasteiger partial charge in [0.2, 0.25) is 0 Å². The Morgan fingerprint density at radius 1 is 1.42 bits per heavy atom. The smallest absolute Gasteiger partial charge is 0.313 e. The average molecular weight is 166 g/mol. The lowest BCUT2D eigenvalue weighted by Crippen LogP contribution is -2.37. The molecule has 0 amide bonds. The van der Waals surface area contributed by atoms with E-state index in [1.807, 2.05) is 6.92 Å². The van der Waals surface area contributed by atoms with Crippen LogP contribution in [0.3, 0.4) is 0 Å². The maximum atomic E-state index is 11.5. The number of carbonyl (C=O) groups is 2. The van der Waals surface area contributed by atoms with Crippen molar-refractivity contribution in [2.75, 3.05) is 0 Å². The van der Waals surface area contributed by atoms with Crippen LogP contribution in [0.2, 0.25) is 0 Å². The van der Waals surface area contributed by atoms with Gasteiger partial charge in [0.25, 0.3) is 0 Å². The molecule has 0 radical (unpaired) electrons. The van der Waals surface area contributed by atoms with Crippen LogP contribution in [0.4, 0.5) is 0 Å². The quantitative estimate of drug-likeness (QED) is 0.493. The van der Waals surface area contributed by atoms with E-state index in [2.05, 4.69) is 0 Å². The van der Waals surface area contributed by atoms with Gasteiger partial charge in [-0.25, -0.2) is 0 Å². The SMILES string of the molecule is CC12C(=O)OC3C(=O)C1CCC32. The van der Waals surface area contributed by atoms with E-state index in [9.17, 15) is 9.59 Å². The van der Waals surface area contributed by atoms with Gasteiger partial charge in [-0.05, 0) is 19.8 Å². The van der Waals surface area contributed by atoms with Gasteiger partial charge in [-0.1, -0.05) is 0 Å². The molecule has 4 bridgehead atoms. The summed E-state index contributed by atoms with van der Waals surface area (Å²) in [4.78, 5) is 22.9. The molecule has 4 atom stereocenters. The highest BCUT2D eigenvalue weighted by Gasteiger charge is 2.72. The van der Waals surface area contributed by atoms with Gasteiger partial charge in [0.15, 0.2) is 11.9 Å². The Morgan fingerprint density at radius 3 is 2.67 bits per heavy atom. The van der Waals surface area contributed by atoms with E-state index in [1.54, 1.807) is 0 Å². The zero-order valence-electron chi connectivity index (χ0n) is 6.87. The molecule has 3 fully saturated rings. The van der Waals surface area contributed by atoms with E-state index >= 15 is 0 Å². The molecule has 0 aromatic rings. The molecule has 1 aliphatic heterocycles. The lowest BCUT2D eigenvalue weighted by Gasteiger charge is -2.24. The van der Waals surface area contributed by atoms with E-state index in [1.165, 1.54) is 0 Å². The molecule has 1 heterocycles. The molecular weight excluding hydrogens is 156 g/mol. The van der Waals surface area contributed by atoms with Gasteiger partial charge in [-0.2, -0.15) is 0 Å². The van der Waals surface area contributed by atoms with Gasteiger partial charge in [-0.3, -0.25) is 9.59 Å². The first-order valence-corrected chi connectivity index (χ1v) is 4.40. The third kappa shape index (κ3) is 0.416. The average Bonchev–Trinajstić information content (AvgIpc) is 2.53. The van der Waals surface area contributed by atoms with Gasteiger partial charge in [0.1, 0.15) is 0 Å². The fourth-order valence-corrected chi connectivity index (χ4v) is 3.18. The molecule has 0 aromatic carbocycles. The Kier molecular flexibility index (Phi) is 0.875. The molecule has 2 aliphatic carbocycles. The molecule has 3 aliphatic rings. The minimum atomic E-state index is -0.443. The Labute approximate surface area is 70.1 Å². The number of esters is 1. The molecule has 12 heavy (non-hydrogen) atoms. The minimum absolute atomic E-state index is 0.0197. The Balaban J connectivity index is 2.20. The van der Waals surface area contributed by atoms with E-state index in [0.29, 0.717) is 0 Å². The lowest BCUT2D eigenvalue weighted by molar-refractivity contribution is -0.163. The summed E-state index contributed by atoms with van der Waals surface area (Å²) in [5, 5.41) is 0. The highest BCUT2D eigenvalue weighted by molar-refractivity contribution is 6.02. The summed E-state index contributed by atoms with van der Waals surface area (Å²) in [6.45, 7) is 1.89. The number of hydrogen-bond acceptors (Lipinski definition) is 3. The molecule has 3 nitrogen and oxygen atoms in total. The highest BCUT2D eigenvalue weighted by Crippen LogP contribution is 2.61. The van der Waals surface area contributed by atoms with Crippen molar-refractivity contribution in [3.05, 3.63) is 0 Å². The normalized spacial score (nSPS) is 54.9. The van der Waals surface area contributed by atoms with Crippen molar-refractivity contribution in [2.24, 2.45) is 17.3 Å². The first-order chi connectivity index (χ1) is 5.65. The van der Waals surface area contributed by atoms with Crippen LogP contribution in [-0.2, 0) is 14.3 Å². The number of Topliss-reactive ketones (excluding diaryl/α,β-unsaturated/α-hetero) is 1. The monoisotopic (exact) mass is 166 g/mol. The molecule has 3 rings (SSSR count). The van der Waals surface area contributed by atoms with Crippen LogP contribution in [0.5, 0.6) is 0 Å². The molecule has 3 heteroatoms. The molecule has 64 valence electrons. The fraction of sp³-hybridized carbons (Fsp3) is 0.778. The minimum Gasteiger partial charge on any atom is -0.454 e. The standard InChI is InChI=1S/C9H10O3/c1-9-4-2-3-5(9)7(6(4)10)12-8(9)11/h4-5,7H,2-3H2,1H3. The molecule has 2 saturated carbocycles. The van der Waals surface area contributed by atoms with E-state index in [-0.39, 0.29) is 29.7 Å². The predicted molar refractivity (Wildman–Crippen MR) is 39.2 cm³/mol. The van der Waals surface area contributed by atoms with E-state index < -0.39 is 5.41 Å². The van der Waals surface area contributed by atoms with Crippen LogP contribution in [0, 0.1) is 17.3 Å². The largest absolute Gasteiger partial charge is 0.454 e. The van der Waals surface area contributed by atoms with Crippen LogP contribution in [0.1, 0.15) is 19.8 Å². The number of ether oxygens (including phenoxy) is 1. The summed E-state index contributed by atoms with van der Waals surface area (Å²) >= 11 is 0. The third-order valence-electron chi connectivity index (χ3n) is 3.92. The number of hydrogen-bond donors (Lipinski definition) is 0. The summed E-state index contributed by atoms with van der Waals surface area (Å²) in [7, 11) is 0. The van der Waals surface area contributed by atoms with Gasteiger partial charge in [0, 0.05) is 11.8 Å². The van der Waals surface area contributed by atoms with Gasteiger partial charge >= 0.3 is 5.97 Å². The predicted octanol–water partition coefficient (Wildman–Crippen LogP) is 0.527. The van der Waals surface area contributed by atoms with Crippen LogP contribution in [0.15, 0.2) is 0 Å². The molecule has 0 N–H and O–H groups in total. The van der Waals surface area contributed by atoms with Gasteiger partial charge in [-0.15, -0.1) is 0 Å². The molecule has 0 spiro atoms. The van der Waals surface area contributed by atoms with Crippen molar-refractivity contribution in [3.8, 4) is 0 Å². The molecule has 0 aromatic heterocycles. The first kappa shape index (κ1) is 6.63.